The molecule has 0 bridgehead atoms. The average Bonchev–Trinajstić information content (AvgIpc) is 3.08. The topological polar surface area (TPSA) is 62.9 Å². The van der Waals surface area contributed by atoms with Crippen molar-refractivity contribution in [3.05, 3.63) is 29.8 Å². The Balaban J connectivity index is 0.00000225. The predicted molar refractivity (Wildman–Crippen MR) is 114 cm³/mol. The van der Waals surface area contributed by atoms with Crippen LogP contribution in [0.2, 0.25) is 0 Å². The first-order chi connectivity index (χ1) is 11.8. The number of nitrogens with zero attached hydrogens (tertiary/aromatic N) is 2. The van der Waals surface area contributed by atoms with Gasteiger partial charge in [-0.05, 0) is 50.8 Å². The van der Waals surface area contributed by atoms with Crippen LogP contribution in [0, 0.1) is 5.92 Å². The van der Waals surface area contributed by atoms with Crippen LogP contribution in [0.15, 0.2) is 29.3 Å². The molecule has 1 saturated heterocycles. The molecular weight excluding hydrogens is 427 g/mol. The summed E-state index contributed by atoms with van der Waals surface area (Å²) >= 11 is 0. The van der Waals surface area contributed by atoms with Gasteiger partial charge in [0.05, 0.1) is 19.7 Å². The molecule has 0 amide bonds. The smallest absolute Gasteiger partial charge is 0.188 e. The summed E-state index contributed by atoms with van der Waals surface area (Å²) < 4.78 is 5.57. The van der Waals surface area contributed by atoms with E-state index in [-0.39, 0.29) is 30.0 Å². The van der Waals surface area contributed by atoms with E-state index in [2.05, 4.69) is 27.3 Å². The number of rotatable bonds is 7. The largest absolute Gasteiger partial charge is 0.496 e. The highest BCUT2D eigenvalue weighted by molar-refractivity contribution is 14.0. The fourth-order valence-electron chi connectivity index (χ4n) is 3.59. The van der Waals surface area contributed by atoms with Crippen molar-refractivity contribution in [1.29, 1.82) is 0 Å². The Morgan fingerprint density at radius 1 is 1.28 bits per heavy atom. The number of para-hydroxylation sites is 1. The second kappa shape index (κ2) is 10.2. The number of aliphatic imine (C=N–C) groups is 1. The molecule has 1 aliphatic heterocycles. The van der Waals surface area contributed by atoms with Gasteiger partial charge in [0.2, 0.25) is 0 Å². The minimum atomic E-state index is 0. The molecule has 0 radical (unpaired) electrons. The SMILES string of the molecule is COc1ccccc1C(CN=C(N)NCC1CCC1)N1CCCC1.I. The molecule has 2 aliphatic rings. The summed E-state index contributed by atoms with van der Waals surface area (Å²) in [6.45, 7) is 3.86. The van der Waals surface area contributed by atoms with E-state index in [9.17, 15) is 0 Å². The van der Waals surface area contributed by atoms with Gasteiger partial charge in [0.25, 0.3) is 0 Å². The van der Waals surface area contributed by atoms with Gasteiger partial charge in [0.1, 0.15) is 5.75 Å². The summed E-state index contributed by atoms with van der Waals surface area (Å²) in [5.74, 6) is 2.29. The van der Waals surface area contributed by atoms with E-state index < -0.39 is 0 Å². The lowest BCUT2D eigenvalue weighted by Gasteiger charge is -2.28. The number of likely N-dealkylation sites (tertiary alicyclic amines) is 1. The molecule has 2 fully saturated rings. The molecule has 3 N–H and O–H groups in total. The molecule has 1 aliphatic carbocycles. The molecule has 1 aromatic carbocycles. The van der Waals surface area contributed by atoms with Crippen LogP contribution in [-0.4, -0.2) is 44.1 Å². The van der Waals surface area contributed by atoms with Crippen LogP contribution in [-0.2, 0) is 0 Å². The van der Waals surface area contributed by atoms with Crippen LogP contribution >= 0.6 is 24.0 Å². The van der Waals surface area contributed by atoms with Crippen molar-refractivity contribution in [1.82, 2.24) is 10.2 Å². The zero-order chi connectivity index (χ0) is 16.8. The number of hydrogen-bond acceptors (Lipinski definition) is 3. The van der Waals surface area contributed by atoms with Crippen molar-refractivity contribution in [3.8, 4) is 5.75 Å². The summed E-state index contributed by atoms with van der Waals surface area (Å²) in [5, 5.41) is 3.29. The Morgan fingerprint density at radius 2 is 2.00 bits per heavy atom. The average molecular weight is 458 g/mol. The second-order valence-corrected chi connectivity index (χ2v) is 6.90. The van der Waals surface area contributed by atoms with Crippen molar-refractivity contribution in [2.45, 2.75) is 38.1 Å². The molecule has 1 saturated carbocycles. The quantitative estimate of drug-likeness (QED) is 0.375. The van der Waals surface area contributed by atoms with Crippen LogP contribution in [0.3, 0.4) is 0 Å². The molecule has 0 spiro atoms. The second-order valence-electron chi connectivity index (χ2n) is 6.90. The minimum absolute atomic E-state index is 0. The highest BCUT2D eigenvalue weighted by Gasteiger charge is 2.25. The van der Waals surface area contributed by atoms with E-state index in [1.807, 2.05) is 12.1 Å². The van der Waals surface area contributed by atoms with Gasteiger partial charge in [-0.15, -0.1) is 24.0 Å². The summed E-state index contributed by atoms with van der Waals surface area (Å²) in [5.41, 5.74) is 7.29. The highest BCUT2D eigenvalue weighted by atomic mass is 127. The number of ether oxygens (including phenoxy) is 1. The molecule has 6 heteroatoms. The van der Waals surface area contributed by atoms with E-state index in [4.69, 9.17) is 10.5 Å². The predicted octanol–water partition coefficient (Wildman–Crippen LogP) is 3.15. The van der Waals surface area contributed by atoms with Crippen LogP contribution in [0.1, 0.15) is 43.7 Å². The molecule has 3 rings (SSSR count). The fraction of sp³-hybridized carbons (Fsp3) is 0.632. The van der Waals surface area contributed by atoms with E-state index in [1.54, 1.807) is 7.11 Å². The van der Waals surface area contributed by atoms with Gasteiger partial charge >= 0.3 is 0 Å². The van der Waals surface area contributed by atoms with E-state index in [0.717, 1.165) is 31.3 Å². The summed E-state index contributed by atoms with van der Waals surface area (Å²) in [7, 11) is 1.73. The first-order valence-corrected chi connectivity index (χ1v) is 9.18. The van der Waals surface area contributed by atoms with E-state index in [0.29, 0.717) is 12.5 Å². The van der Waals surface area contributed by atoms with E-state index in [1.165, 1.54) is 37.7 Å². The molecule has 1 unspecified atom stereocenters. The maximum absolute atomic E-state index is 6.09. The lowest BCUT2D eigenvalue weighted by Crippen LogP contribution is -2.38. The Labute approximate surface area is 168 Å². The number of halogens is 1. The Morgan fingerprint density at radius 3 is 2.64 bits per heavy atom. The number of benzene rings is 1. The van der Waals surface area contributed by atoms with Gasteiger partial charge in [-0.2, -0.15) is 0 Å². The van der Waals surface area contributed by atoms with Gasteiger partial charge in [0, 0.05) is 12.1 Å². The molecule has 5 nitrogen and oxygen atoms in total. The number of methoxy groups -OCH3 is 1. The van der Waals surface area contributed by atoms with Crippen molar-refractivity contribution in [2.24, 2.45) is 16.6 Å². The first kappa shape index (κ1) is 20.3. The van der Waals surface area contributed by atoms with Crippen LogP contribution in [0.5, 0.6) is 5.75 Å². The molecule has 1 aromatic rings. The third-order valence-electron chi connectivity index (χ3n) is 5.31. The zero-order valence-corrected chi connectivity index (χ0v) is 17.4. The van der Waals surface area contributed by atoms with Gasteiger partial charge in [-0.25, -0.2) is 0 Å². The Bertz CT molecular complexity index is 556. The molecular formula is C19H31IN4O. The number of nitrogens with two attached hydrogens (primary N) is 1. The molecule has 1 atom stereocenters. The van der Waals surface area contributed by atoms with Gasteiger partial charge < -0.3 is 15.8 Å². The molecule has 1 heterocycles. The number of guanidine groups is 1. The zero-order valence-electron chi connectivity index (χ0n) is 15.1. The number of nitrogens with one attached hydrogen (secondary N) is 1. The van der Waals surface area contributed by atoms with Crippen LogP contribution in [0.4, 0.5) is 0 Å². The van der Waals surface area contributed by atoms with Gasteiger partial charge in [-0.1, -0.05) is 24.6 Å². The van der Waals surface area contributed by atoms with Crippen molar-refractivity contribution in [2.75, 3.05) is 33.3 Å². The van der Waals surface area contributed by atoms with Crippen LogP contribution < -0.4 is 15.8 Å². The van der Waals surface area contributed by atoms with Crippen molar-refractivity contribution < 1.29 is 4.74 Å². The molecule has 0 aromatic heterocycles. The highest BCUT2D eigenvalue weighted by Crippen LogP contribution is 2.31. The maximum atomic E-state index is 6.09. The summed E-state index contributed by atoms with van der Waals surface area (Å²) in [4.78, 5) is 7.14. The summed E-state index contributed by atoms with van der Waals surface area (Å²) in [6.07, 6.45) is 6.50. The van der Waals surface area contributed by atoms with Crippen molar-refractivity contribution >= 4 is 29.9 Å². The minimum Gasteiger partial charge on any atom is -0.496 e. The normalized spacial score (nSPS) is 19.8. The third kappa shape index (κ3) is 5.48. The fourth-order valence-corrected chi connectivity index (χ4v) is 3.59. The monoisotopic (exact) mass is 458 g/mol. The van der Waals surface area contributed by atoms with Crippen molar-refractivity contribution in [3.63, 3.8) is 0 Å². The van der Waals surface area contributed by atoms with Crippen LogP contribution in [0.25, 0.3) is 0 Å². The maximum Gasteiger partial charge on any atom is 0.188 e. The van der Waals surface area contributed by atoms with Gasteiger partial charge in [0.15, 0.2) is 5.96 Å². The standard InChI is InChI=1S/C19H30N4O.HI/c1-24-18-10-3-2-9-16(18)17(23-11-4-5-12-23)14-22-19(20)21-13-15-7-6-8-15;/h2-3,9-10,15,17H,4-8,11-14H2,1H3,(H3,20,21,22);1H. The number of hydrogen-bond donors (Lipinski definition) is 2. The Kier molecular flexibility index (Phi) is 8.29. The van der Waals surface area contributed by atoms with Gasteiger partial charge in [-0.3, -0.25) is 9.89 Å². The third-order valence-corrected chi connectivity index (χ3v) is 5.31. The lowest BCUT2D eigenvalue weighted by atomic mass is 9.85. The molecule has 25 heavy (non-hydrogen) atoms. The lowest BCUT2D eigenvalue weighted by molar-refractivity contribution is 0.245. The summed E-state index contributed by atoms with van der Waals surface area (Å²) in [6, 6.07) is 8.49. The first-order valence-electron chi connectivity index (χ1n) is 9.18. The van der Waals surface area contributed by atoms with E-state index >= 15 is 0 Å². The Hall–Kier alpha value is -1.02. The molecule has 140 valence electrons.